The van der Waals surface area contributed by atoms with E-state index >= 15 is 0 Å². The molecule has 0 aliphatic rings. The third kappa shape index (κ3) is 2.99. The van der Waals surface area contributed by atoms with E-state index in [-0.39, 0.29) is 12.2 Å². The van der Waals surface area contributed by atoms with Crippen LogP contribution in [-0.4, -0.2) is 30.3 Å². The van der Waals surface area contributed by atoms with Crippen LogP contribution in [0.5, 0.6) is 0 Å². The largest absolute Gasteiger partial charge is 0.294 e. The number of hydrogen-bond acceptors (Lipinski definition) is 6. The van der Waals surface area contributed by atoms with Crippen molar-refractivity contribution >= 4 is 22.8 Å². The molecule has 8 heteroatoms. The number of aromatic nitrogens is 5. The van der Waals surface area contributed by atoms with Crippen LogP contribution in [0.4, 0.5) is 4.39 Å². The van der Waals surface area contributed by atoms with Gasteiger partial charge in [0, 0.05) is 40.2 Å². The molecule has 0 amide bonds. The molecule has 26 heavy (non-hydrogen) atoms. The molecular weight excluding hydrogens is 353 g/mol. The second kappa shape index (κ2) is 6.38. The number of hydrogen-bond donors (Lipinski definition) is 0. The zero-order valence-corrected chi connectivity index (χ0v) is 14.9. The summed E-state index contributed by atoms with van der Waals surface area (Å²) in [6.07, 6.45) is 4.79. The van der Waals surface area contributed by atoms with Crippen LogP contribution in [0.25, 0.3) is 16.8 Å². The quantitative estimate of drug-likeness (QED) is 0.408. The molecule has 0 aromatic carbocycles. The number of carbonyl (C=O) groups is 1. The van der Waals surface area contributed by atoms with Crippen LogP contribution in [0.3, 0.4) is 0 Å². The average Bonchev–Trinajstić information content (AvgIpc) is 3.25. The molecular formula is C18H14FN5OS. The fourth-order valence-electron chi connectivity index (χ4n) is 2.72. The monoisotopic (exact) mass is 367 g/mol. The summed E-state index contributed by atoms with van der Waals surface area (Å²) in [5.41, 5.74) is 3.70. The minimum absolute atomic E-state index is 0.0917. The van der Waals surface area contributed by atoms with Gasteiger partial charge in [-0.2, -0.15) is 9.49 Å². The van der Waals surface area contributed by atoms with Crippen molar-refractivity contribution in [1.29, 1.82) is 0 Å². The molecule has 0 unspecified atom stereocenters. The molecule has 4 heterocycles. The van der Waals surface area contributed by atoms with Crippen molar-refractivity contribution in [3.63, 3.8) is 0 Å². The minimum Gasteiger partial charge on any atom is -0.294 e. The maximum Gasteiger partial charge on any atom is 0.215 e. The van der Waals surface area contributed by atoms with Gasteiger partial charge >= 0.3 is 0 Å². The molecule has 0 radical (unpaired) electrons. The maximum atomic E-state index is 13.5. The SMILES string of the molecule is Cc1csc(CC(=O)c2cc(-c3cnc(F)c(C)c3)cn3ncnc23)n1. The van der Waals surface area contributed by atoms with Gasteiger partial charge in [-0.05, 0) is 26.0 Å². The van der Waals surface area contributed by atoms with E-state index in [0.29, 0.717) is 22.3 Å². The lowest BCUT2D eigenvalue weighted by molar-refractivity contribution is 0.0994. The van der Waals surface area contributed by atoms with Crippen molar-refractivity contribution in [2.24, 2.45) is 0 Å². The van der Waals surface area contributed by atoms with Crippen molar-refractivity contribution in [3.05, 3.63) is 64.0 Å². The molecule has 130 valence electrons. The van der Waals surface area contributed by atoms with Gasteiger partial charge in [-0.25, -0.2) is 19.5 Å². The van der Waals surface area contributed by atoms with Gasteiger partial charge in [0.05, 0.1) is 12.0 Å². The van der Waals surface area contributed by atoms with E-state index in [1.165, 1.54) is 23.9 Å². The van der Waals surface area contributed by atoms with Crippen LogP contribution in [0, 0.1) is 19.8 Å². The smallest absolute Gasteiger partial charge is 0.215 e. The minimum atomic E-state index is -0.508. The lowest BCUT2D eigenvalue weighted by atomic mass is 10.0. The molecule has 0 spiro atoms. The van der Waals surface area contributed by atoms with Gasteiger partial charge in [0.15, 0.2) is 11.4 Å². The van der Waals surface area contributed by atoms with E-state index in [4.69, 9.17) is 0 Å². The maximum absolute atomic E-state index is 13.5. The van der Waals surface area contributed by atoms with Gasteiger partial charge in [0.25, 0.3) is 0 Å². The van der Waals surface area contributed by atoms with Crippen LogP contribution in [-0.2, 0) is 6.42 Å². The third-order valence-electron chi connectivity index (χ3n) is 4.00. The van der Waals surface area contributed by atoms with E-state index < -0.39 is 5.95 Å². The van der Waals surface area contributed by atoms with Gasteiger partial charge in [-0.15, -0.1) is 11.3 Å². The Morgan fingerprint density at radius 2 is 2.08 bits per heavy atom. The molecule has 4 rings (SSSR count). The highest BCUT2D eigenvalue weighted by molar-refractivity contribution is 7.09. The summed E-state index contributed by atoms with van der Waals surface area (Å²) in [6.45, 7) is 3.54. The number of rotatable bonds is 4. The van der Waals surface area contributed by atoms with Crippen molar-refractivity contribution in [1.82, 2.24) is 24.6 Å². The summed E-state index contributed by atoms with van der Waals surface area (Å²) in [5, 5.41) is 6.82. The first-order valence-corrected chi connectivity index (χ1v) is 8.79. The standard InChI is InChI=1S/C18H14FN5OS/c1-10-3-12(6-20-17(10)19)13-4-14(18-21-9-22-24(18)7-13)15(25)5-16-23-11(2)8-26-16/h3-4,6-9H,5H2,1-2H3. The number of aryl methyl sites for hydroxylation is 2. The first-order chi connectivity index (χ1) is 12.5. The molecule has 0 atom stereocenters. The second-order valence-electron chi connectivity index (χ2n) is 5.98. The van der Waals surface area contributed by atoms with E-state index in [9.17, 15) is 9.18 Å². The number of nitrogens with zero attached hydrogens (tertiary/aromatic N) is 5. The Labute approximate surface area is 152 Å². The number of pyridine rings is 2. The first-order valence-electron chi connectivity index (χ1n) is 7.91. The number of carbonyl (C=O) groups excluding carboxylic acids is 1. The van der Waals surface area contributed by atoms with Crippen LogP contribution in [0.1, 0.15) is 26.6 Å². The fourth-order valence-corrected chi connectivity index (χ4v) is 3.49. The molecule has 0 saturated carbocycles. The van der Waals surface area contributed by atoms with E-state index in [1.807, 2.05) is 12.3 Å². The van der Waals surface area contributed by atoms with Crippen LogP contribution in [0.15, 0.2) is 36.2 Å². The summed E-state index contributed by atoms with van der Waals surface area (Å²) in [7, 11) is 0. The molecule has 6 nitrogen and oxygen atoms in total. The number of Topliss-reactive ketones (excluding diaryl/α,β-unsaturated/α-hetero) is 1. The van der Waals surface area contributed by atoms with Crippen molar-refractivity contribution in [2.75, 3.05) is 0 Å². The predicted molar refractivity (Wildman–Crippen MR) is 95.8 cm³/mol. The van der Waals surface area contributed by atoms with Crippen LogP contribution >= 0.6 is 11.3 Å². The van der Waals surface area contributed by atoms with E-state index in [0.717, 1.165) is 16.3 Å². The molecule has 4 aromatic heterocycles. The van der Waals surface area contributed by atoms with Crippen LogP contribution in [0.2, 0.25) is 0 Å². The summed E-state index contributed by atoms with van der Waals surface area (Å²) in [5.74, 6) is -0.600. The van der Waals surface area contributed by atoms with Crippen molar-refractivity contribution in [3.8, 4) is 11.1 Å². The second-order valence-corrected chi connectivity index (χ2v) is 6.93. The van der Waals surface area contributed by atoms with Crippen molar-refractivity contribution in [2.45, 2.75) is 20.3 Å². The molecule has 0 saturated heterocycles. The topological polar surface area (TPSA) is 73.0 Å². The average molecular weight is 367 g/mol. The van der Waals surface area contributed by atoms with Crippen LogP contribution < -0.4 is 0 Å². The number of ketones is 1. The fraction of sp³-hybridized carbons (Fsp3) is 0.167. The Morgan fingerprint density at radius 1 is 1.23 bits per heavy atom. The lowest BCUT2D eigenvalue weighted by Gasteiger charge is -2.07. The van der Waals surface area contributed by atoms with E-state index in [1.54, 1.807) is 29.8 Å². The van der Waals surface area contributed by atoms with Gasteiger partial charge in [-0.1, -0.05) is 0 Å². The Kier molecular flexibility index (Phi) is 4.04. The summed E-state index contributed by atoms with van der Waals surface area (Å²) >= 11 is 1.46. The highest BCUT2D eigenvalue weighted by Gasteiger charge is 2.17. The zero-order chi connectivity index (χ0) is 18.3. The summed E-state index contributed by atoms with van der Waals surface area (Å²) in [6, 6.07) is 3.44. The number of fused-ring (bicyclic) bond motifs is 1. The normalized spacial score (nSPS) is 11.2. The number of halogens is 1. The van der Waals surface area contributed by atoms with Gasteiger partial charge in [-0.3, -0.25) is 4.79 Å². The predicted octanol–water partition coefficient (Wildman–Crippen LogP) is 3.43. The van der Waals surface area contributed by atoms with Gasteiger partial charge < -0.3 is 0 Å². The lowest BCUT2D eigenvalue weighted by Crippen LogP contribution is -2.07. The van der Waals surface area contributed by atoms with E-state index in [2.05, 4.69) is 20.1 Å². The molecule has 0 fully saturated rings. The highest BCUT2D eigenvalue weighted by Crippen LogP contribution is 2.24. The first kappa shape index (κ1) is 16.5. The third-order valence-corrected chi connectivity index (χ3v) is 4.97. The van der Waals surface area contributed by atoms with Crippen molar-refractivity contribution < 1.29 is 9.18 Å². The Hall–Kier alpha value is -3.00. The Morgan fingerprint density at radius 3 is 2.81 bits per heavy atom. The zero-order valence-electron chi connectivity index (χ0n) is 14.1. The Balaban J connectivity index is 1.79. The Bertz CT molecular complexity index is 1130. The molecule has 0 N–H and O–H groups in total. The molecule has 0 bridgehead atoms. The molecule has 4 aromatic rings. The highest BCUT2D eigenvalue weighted by atomic mass is 32.1. The number of thiazole rings is 1. The van der Waals surface area contributed by atoms with Gasteiger partial charge in [0.2, 0.25) is 5.95 Å². The molecule has 0 aliphatic heterocycles. The summed E-state index contributed by atoms with van der Waals surface area (Å²) < 4.78 is 15.0. The van der Waals surface area contributed by atoms with Gasteiger partial charge in [0.1, 0.15) is 11.3 Å². The summed E-state index contributed by atoms with van der Waals surface area (Å²) in [4.78, 5) is 25.2. The molecule has 0 aliphatic carbocycles.